The van der Waals surface area contributed by atoms with Crippen molar-refractivity contribution in [2.45, 2.75) is 38.9 Å². The summed E-state index contributed by atoms with van der Waals surface area (Å²) in [6, 6.07) is 0. The number of carboxylic acid groups (broad SMARTS) is 1. The van der Waals surface area contributed by atoms with Crippen molar-refractivity contribution in [3.8, 4) is 0 Å². The molecule has 0 aromatic heterocycles. The van der Waals surface area contributed by atoms with Gasteiger partial charge in [0.1, 0.15) is 0 Å². The Hall–Kier alpha value is -0.553. The van der Waals surface area contributed by atoms with Crippen LogP contribution in [0.25, 0.3) is 0 Å². The molecule has 0 bridgehead atoms. The molecule has 0 saturated carbocycles. The smallest absolute Gasteiger partial charge is 0.407 e. The van der Waals surface area contributed by atoms with Gasteiger partial charge in [-0.2, -0.15) is 0 Å². The average molecular weight is 233 g/mol. The number of rotatable bonds is 4. The molecule has 5 heteroatoms. The fraction of sp³-hybridized carbons (Fsp3) is 0.900. The van der Waals surface area contributed by atoms with Gasteiger partial charge in [-0.3, -0.25) is 0 Å². The van der Waals surface area contributed by atoms with E-state index in [-0.39, 0.29) is 5.04 Å². The van der Waals surface area contributed by atoms with Gasteiger partial charge in [-0.1, -0.05) is 20.8 Å². The van der Waals surface area contributed by atoms with Crippen molar-refractivity contribution < 1.29 is 14.3 Å². The highest BCUT2D eigenvalue weighted by atomic mass is 28.4. The zero-order valence-electron chi connectivity index (χ0n) is 10.6. The summed E-state index contributed by atoms with van der Waals surface area (Å²) in [7, 11) is -0.173. The van der Waals surface area contributed by atoms with Crippen LogP contribution >= 0.6 is 0 Å². The lowest BCUT2D eigenvalue weighted by atomic mass is 10.2. The Morgan fingerprint density at radius 3 is 2.20 bits per heavy atom. The predicted molar refractivity (Wildman–Crippen MR) is 63.8 cm³/mol. The summed E-state index contributed by atoms with van der Waals surface area (Å²) < 4.78 is 5.85. The van der Waals surface area contributed by atoms with E-state index in [9.17, 15) is 4.79 Å². The second-order valence-corrected chi connectivity index (χ2v) is 10.1. The summed E-state index contributed by atoms with van der Waals surface area (Å²) in [6.45, 7) is 11.7. The summed E-state index contributed by atoms with van der Waals surface area (Å²) in [6.07, 6.45) is -0.908. The first-order valence-corrected chi connectivity index (χ1v) is 8.07. The first-order chi connectivity index (χ1) is 6.58. The maximum atomic E-state index is 10.5. The lowest BCUT2D eigenvalue weighted by molar-refractivity contribution is 0.145. The van der Waals surface area contributed by atoms with Crippen LogP contribution in [0, 0.1) is 0 Å². The van der Waals surface area contributed by atoms with Gasteiger partial charge < -0.3 is 14.4 Å². The van der Waals surface area contributed by atoms with Crippen molar-refractivity contribution in [2.24, 2.45) is 0 Å². The van der Waals surface area contributed by atoms with Crippen LogP contribution in [0.1, 0.15) is 20.8 Å². The van der Waals surface area contributed by atoms with E-state index in [4.69, 9.17) is 9.53 Å². The van der Waals surface area contributed by atoms with E-state index >= 15 is 0 Å². The quantitative estimate of drug-likeness (QED) is 0.759. The van der Waals surface area contributed by atoms with Crippen LogP contribution < -0.4 is 0 Å². The van der Waals surface area contributed by atoms with Crippen LogP contribution in [-0.4, -0.2) is 44.6 Å². The minimum atomic E-state index is -1.73. The fourth-order valence-corrected chi connectivity index (χ4v) is 1.78. The number of amides is 1. The average Bonchev–Trinajstić information content (AvgIpc) is 2.01. The molecule has 0 radical (unpaired) electrons. The second kappa shape index (κ2) is 4.98. The molecule has 15 heavy (non-hydrogen) atoms. The van der Waals surface area contributed by atoms with E-state index in [2.05, 4.69) is 33.9 Å². The third kappa shape index (κ3) is 4.66. The minimum absolute atomic E-state index is 0.175. The first-order valence-electron chi connectivity index (χ1n) is 5.16. The number of likely N-dealkylation sites (N-methyl/N-ethyl adjacent to an activating group) is 1. The van der Waals surface area contributed by atoms with Crippen LogP contribution in [0.3, 0.4) is 0 Å². The molecule has 1 N–H and O–H groups in total. The molecule has 0 atom stereocenters. The Morgan fingerprint density at radius 1 is 1.40 bits per heavy atom. The fourth-order valence-electron chi connectivity index (χ4n) is 0.750. The SMILES string of the molecule is CN(CCO[Si](C)(C)C(C)(C)C)C(=O)O. The van der Waals surface area contributed by atoms with E-state index in [1.165, 1.54) is 4.90 Å². The molecule has 0 aliphatic heterocycles. The molecular formula is C10H23NO3Si. The van der Waals surface area contributed by atoms with Gasteiger partial charge in [0.25, 0.3) is 0 Å². The molecule has 0 heterocycles. The van der Waals surface area contributed by atoms with Gasteiger partial charge in [0.2, 0.25) is 0 Å². The van der Waals surface area contributed by atoms with Gasteiger partial charge in [-0.25, -0.2) is 4.79 Å². The third-order valence-corrected chi connectivity index (χ3v) is 7.56. The van der Waals surface area contributed by atoms with Gasteiger partial charge >= 0.3 is 6.09 Å². The summed E-state index contributed by atoms with van der Waals surface area (Å²) in [5, 5.41) is 8.83. The molecule has 0 saturated heterocycles. The second-order valence-electron chi connectivity index (χ2n) is 5.31. The first kappa shape index (κ1) is 14.4. The van der Waals surface area contributed by atoms with Crippen molar-refractivity contribution in [3.63, 3.8) is 0 Å². The Labute approximate surface area is 93.4 Å². The number of nitrogens with zero attached hydrogens (tertiary/aromatic N) is 1. The molecule has 4 nitrogen and oxygen atoms in total. The third-order valence-electron chi connectivity index (χ3n) is 3.02. The summed E-state index contributed by atoms with van der Waals surface area (Å²) in [5.74, 6) is 0. The van der Waals surface area contributed by atoms with Gasteiger partial charge in [-0.15, -0.1) is 0 Å². The van der Waals surface area contributed by atoms with Crippen LogP contribution in [0.4, 0.5) is 4.79 Å². The van der Waals surface area contributed by atoms with E-state index in [0.717, 1.165) is 0 Å². The molecule has 0 aliphatic rings. The maximum Gasteiger partial charge on any atom is 0.407 e. The molecule has 0 fully saturated rings. The van der Waals surface area contributed by atoms with E-state index in [1.54, 1.807) is 7.05 Å². The molecule has 0 unspecified atom stereocenters. The maximum absolute atomic E-state index is 10.5. The van der Waals surface area contributed by atoms with Crippen molar-refractivity contribution in [2.75, 3.05) is 20.2 Å². The van der Waals surface area contributed by atoms with Gasteiger partial charge in [0, 0.05) is 13.6 Å². The molecule has 0 aliphatic carbocycles. The minimum Gasteiger partial charge on any atom is -0.465 e. The monoisotopic (exact) mass is 233 g/mol. The molecule has 0 spiro atoms. The van der Waals surface area contributed by atoms with Gasteiger partial charge in [0.05, 0.1) is 6.61 Å². The normalized spacial score (nSPS) is 12.7. The predicted octanol–water partition coefficient (Wildman–Crippen LogP) is 2.62. The van der Waals surface area contributed by atoms with Crippen LogP contribution in [0.5, 0.6) is 0 Å². The number of carbonyl (C=O) groups is 1. The molecule has 0 rings (SSSR count). The highest BCUT2D eigenvalue weighted by Gasteiger charge is 2.36. The van der Waals surface area contributed by atoms with Crippen molar-refractivity contribution in [1.29, 1.82) is 0 Å². The van der Waals surface area contributed by atoms with Gasteiger partial charge in [0.15, 0.2) is 8.32 Å². The lowest BCUT2D eigenvalue weighted by Gasteiger charge is -2.36. The highest BCUT2D eigenvalue weighted by molar-refractivity contribution is 6.74. The topological polar surface area (TPSA) is 49.8 Å². The van der Waals surface area contributed by atoms with Crippen LogP contribution in [0.2, 0.25) is 18.1 Å². The Morgan fingerprint density at radius 2 is 1.87 bits per heavy atom. The van der Waals surface area contributed by atoms with E-state index in [0.29, 0.717) is 13.2 Å². The molecular weight excluding hydrogens is 210 g/mol. The molecule has 0 aromatic carbocycles. The van der Waals surface area contributed by atoms with Crippen molar-refractivity contribution >= 4 is 14.4 Å². The summed E-state index contributed by atoms with van der Waals surface area (Å²) in [5.41, 5.74) is 0. The van der Waals surface area contributed by atoms with Crippen molar-refractivity contribution in [3.05, 3.63) is 0 Å². The lowest BCUT2D eigenvalue weighted by Crippen LogP contribution is -2.42. The molecule has 0 aromatic rings. The molecule has 1 amide bonds. The molecule has 90 valence electrons. The Kier molecular flexibility index (Phi) is 4.80. The van der Waals surface area contributed by atoms with Gasteiger partial charge in [-0.05, 0) is 18.1 Å². The number of hydrogen-bond acceptors (Lipinski definition) is 2. The standard InChI is InChI=1S/C10H23NO3Si/c1-10(2,3)15(5,6)14-8-7-11(4)9(12)13/h7-8H2,1-6H3,(H,12,13). The Bertz CT molecular complexity index is 223. The highest BCUT2D eigenvalue weighted by Crippen LogP contribution is 2.36. The Balaban J connectivity index is 4.01. The van der Waals surface area contributed by atoms with E-state index < -0.39 is 14.4 Å². The zero-order chi connectivity index (χ0) is 12.3. The zero-order valence-corrected chi connectivity index (χ0v) is 11.6. The van der Waals surface area contributed by atoms with Crippen molar-refractivity contribution in [1.82, 2.24) is 4.90 Å². The summed E-state index contributed by atoms with van der Waals surface area (Å²) >= 11 is 0. The van der Waals surface area contributed by atoms with Crippen LogP contribution in [-0.2, 0) is 4.43 Å². The van der Waals surface area contributed by atoms with Crippen LogP contribution in [0.15, 0.2) is 0 Å². The summed E-state index contributed by atoms with van der Waals surface area (Å²) in [4.78, 5) is 11.8. The number of hydrogen-bond donors (Lipinski definition) is 1. The largest absolute Gasteiger partial charge is 0.465 e. The van der Waals surface area contributed by atoms with E-state index in [1.807, 2.05) is 0 Å².